The topological polar surface area (TPSA) is 8.17 Å². The molecule has 0 amide bonds. The number of anilines is 3. The van der Waals surface area contributed by atoms with Crippen LogP contribution in [0.5, 0.6) is 0 Å². The van der Waals surface area contributed by atoms with Crippen molar-refractivity contribution in [2.45, 2.75) is 0 Å². The smallest absolute Gasteiger partial charge is 0.0541 e. The zero-order valence-corrected chi connectivity index (χ0v) is 29.7. The molecule has 9 aromatic carbocycles. The second-order valence-electron chi connectivity index (χ2n) is 13.8. The van der Waals surface area contributed by atoms with Crippen molar-refractivity contribution in [3.05, 3.63) is 218 Å². The highest BCUT2D eigenvalue weighted by atomic mass is 15.1. The van der Waals surface area contributed by atoms with Crippen molar-refractivity contribution in [1.82, 2.24) is 4.57 Å². The SMILES string of the molecule is c1ccc(-c2ccc(N(c3ccc(-c4ccc5c(c4)c4ccccc4n5-c4ccccc4)c(-c4ccccc4)c3)c3cccc4ccccc34)cc2)cc1. The van der Waals surface area contributed by atoms with Crippen LogP contribution in [0.2, 0.25) is 0 Å². The molecular weight excluding hydrogens is 653 g/mol. The second kappa shape index (κ2) is 13.4. The minimum absolute atomic E-state index is 1.10. The molecular formula is C52H36N2. The largest absolute Gasteiger partial charge is 0.310 e. The van der Waals surface area contributed by atoms with Crippen molar-refractivity contribution in [2.24, 2.45) is 0 Å². The summed E-state index contributed by atoms with van der Waals surface area (Å²) in [6.07, 6.45) is 0. The molecule has 10 rings (SSSR count). The highest BCUT2D eigenvalue weighted by Crippen LogP contribution is 2.44. The van der Waals surface area contributed by atoms with E-state index in [0.29, 0.717) is 0 Å². The predicted octanol–water partition coefficient (Wildman–Crippen LogP) is 14.4. The van der Waals surface area contributed by atoms with E-state index in [1.165, 1.54) is 66.0 Å². The lowest BCUT2D eigenvalue weighted by Gasteiger charge is -2.28. The Kier molecular flexibility index (Phi) is 7.85. The summed E-state index contributed by atoms with van der Waals surface area (Å²) >= 11 is 0. The van der Waals surface area contributed by atoms with Crippen LogP contribution in [0.1, 0.15) is 0 Å². The third-order valence-electron chi connectivity index (χ3n) is 10.6. The molecule has 1 heterocycles. The molecule has 0 unspecified atom stereocenters. The quantitative estimate of drug-likeness (QED) is 0.162. The zero-order chi connectivity index (χ0) is 35.8. The maximum atomic E-state index is 2.41. The minimum Gasteiger partial charge on any atom is -0.310 e. The Morgan fingerprint density at radius 2 is 0.889 bits per heavy atom. The van der Waals surface area contributed by atoms with Gasteiger partial charge in [-0.25, -0.2) is 0 Å². The van der Waals surface area contributed by atoms with Gasteiger partial charge in [0.1, 0.15) is 0 Å². The summed E-state index contributed by atoms with van der Waals surface area (Å²) in [7, 11) is 0. The van der Waals surface area contributed by atoms with Gasteiger partial charge < -0.3 is 9.47 Å². The molecule has 2 heteroatoms. The van der Waals surface area contributed by atoms with E-state index in [2.05, 4.69) is 228 Å². The predicted molar refractivity (Wildman–Crippen MR) is 229 cm³/mol. The molecule has 254 valence electrons. The Morgan fingerprint density at radius 1 is 0.315 bits per heavy atom. The highest BCUT2D eigenvalue weighted by Gasteiger charge is 2.20. The van der Waals surface area contributed by atoms with Gasteiger partial charge in [-0.2, -0.15) is 0 Å². The number of aromatic nitrogens is 1. The summed E-state index contributed by atoms with van der Waals surface area (Å²) in [6.45, 7) is 0. The Morgan fingerprint density at radius 3 is 1.67 bits per heavy atom. The van der Waals surface area contributed by atoms with Crippen molar-refractivity contribution < 1.29 is 0 Å². The number of para-hydroxylation sites is 2. The lowest BCUT2D eigenvalue weighted by atomic mass is 9.92. The molecule has 2 nitrogen and oxygen atoms in total. The Balaban J connectivity index is 1.17. The van der Waals surface area contributed by atoms with Gasteiger partial charge in [-0.3, -0.25) is 0 Å². The molecule has 0 saturated carbocycles. The van der Waals surface area contributed by atoms with E-state index in [-0.39, 0.29) is 0 Å². The normalized spacial score (nSPS) is 11.3. The van der Waals surface area contributed by atoms with Crippen LogP contribution in [0.25, 0.3) is 71.6 Å². The molecule has 54 heavy (non-hydrogen) atoms. The van der Waals surface area contributed by atoms with E-state index in [1.54, 1.807) is 0 Å². The van der Waals surface area contributed by atoms with Gasteiger partial charge in [-0.1, -0.05) is 158 Å². The average molecular weight is 689 g/mol. The van der Waals surface area contributed by atoms with Crippen molar-refractivity contribution in [1.29, 1.82) is 0 Å². The van der Waals surface area contributed by atoms with Crippen LogP contribution in [0.4, 0.5) is 17.1 Å². The van der Waals surface area contributed by atoms with Gasteiger partial charge in [0.15, 0.2) is 0 Å². The van der Waals surface area contributed by atoms with E-state index in [9.17, 15) is 0 Å². The Bertz CT molecular complexity index is 2900. The number of fused-ring (bicyclic) bond motifs is 4. The highest BCUT2D eigenvalue weighted by molar-refractivity contribution is 6.11. The van der Waals surface area contributed by atoms with Gasteiger partial charge in [0, 0.05) is 33.2 Å². The number of hydrogen-bond acceptors (Lipinski definition) is 1. The standard InChI is InChI=1S/C52H36N2/c1-4-15-37(16-5-1)38-27-30-43(31-28-38)53(50-26-14-20-39-19-10-11-23-46(39)50)44-32-33-45(48(36-44)40-17-6-2-7-18-40)41-29-34-52-49(35-41)47-24-12-13-25-51(47)54(52)42-21-8-3-9-22-42/h1-36H. The van der Waals surface area contributed by atoms with Gasteiger partial charge in [0.25, 0.3) is 0 Å². The molecule has 0 aliphatic heterocycles. The van der Waals surface area contributed by atoms with Gasteiger partial charge in [-0.05, 0) is 99.4 Å². The van der Waals surface area contributed by atoms with E-state index in [0.717, 1.165) is 22.7 Å². The first-order valence-corrected chi connectivity index (χ1v) is 18.5. The third kappa shape index (κ3) is 5.53. The molecule has 10 aromatic rings. The zero-order valence-electron chi connectivity index (χ0n) is 29.7. The Hall–Kier alpha value is -7.16. The first kappa shape index (κ1) is 31.6. The van der Waals surface area contributed by atoms with Crippen LogP contribution >= 0.6 is 0 Å². The monoisotopic (exact) mass is 688 g/mol. The summed E-state index contributed by atoms with van der Waals surface area (Å²) in [5, 5.41) is 4.91. The fraction of sp³-hybridized carbons (Fsp3) is 0. The number of rotatable bonds is 7. The van der Waals surface area contributed by atoms with E-state index in [1.807, 2.05) is 0 Å². The van der Waals surface area contributed by atoms with Gasteiger partial charge >= 0.3 is 0 Å². The van der Waals surface area contributed by atoms with Gasteiger partial charge in [-0.15, -0.1) is 0 Å². The maximum Gasteiger partial charge on any atom is 0.0541 e. The molecule has 0 bridgehead atoms. The first-order chi connectivity index (χ1) is 26.8. The number of benzene rings is 9. The summed E-state index contributed by atoms with van der Waals surface area (Å²) in [5.74, 6) is 0. The molecule has 0 atom stereocenters. The van der Waals surface area contributed by atoms with Crippen LogP contribution in [0.15, 0.2) is 218 Å². The Labute approximate surface area is 315 Å². The van der Waals surface area contributed by atoms with Crippen LogP contribution in [0.3, 0.4) is 0 Å². The number of hydrogen-bond donors (Lipinski definition) is 0. The molecule has 1 aromatic heterocycles. The van der Waals surface area contributed by atoms with Crippen LogP contribution in [-0.4, -0.2) is 4.57 Å². The van der Waals surface area contributed by atoms with Crippen molar-refractivity contribution in [3.8, 4) is 39.1 Å². The van der Waals surface area contributed by atoms with E-state index >= 15 is 0 Å². The average Bonchev–Trinajstić information content (AvgIpc) is 3.59. The van der Waals surface area contributed by atoms with Crippen LogP contribution in [-0.2, 0) is 0 Å². The summed E-state index contributed by atoms with van der Waals surface area (Å²) < 4.78 is 2.38. The molecule has 0 aliphatic carbocycles. The third-order valence-corrected chi connectivity index (χ3v) is 10.6. The van der Waals surface area contributed by atoms with Crippen molar-refractivity contribution in [2.75, 3.05) is 4.90 Å². The lowest BCUT2D eigenvalue weighted by Crippen LogP contribution is -2.10. The van der Waals surface area contributed by atoms with E-state index in [4.69, 9.17) is 0 Å². The summed E-state index contributed by atoms with van der Waals surface area (Å²) in [6, 6.07) is 78.9. The van der Waals surface area contributed by atoms with Crippen molar-refractivity contribution >= 4 is 49.6 Å². The van der Waals surface area contributed by atoms with Crippen molar-refractivity contribution in [3.63, 3.8) is 0 Å². The van der Waals surface area contributed by atoms with Crippen LogP contribution in [0, 0.1) is 0 Å². The molecule has 0 saturated heterocycles. The first-order valence-electron chi connectivity index (χ1n) is 18.5. The summed E-state index contributed by atoms with van der Waals surface area (Å²) in [5.41, 5.74) is 14.1. The number of nitrogens with zero attached hydrogens (tertiary/aromatic N) is 2. The minimum atomic E-state index is 1.10. The summed E-state index contributed by atoms with van der Waals surface area (Å²) in [4.78, 5) is 2.41. The molecule has 0 radical (unpaired) electrons. The fourth-order valence-corrected chi connectivity index (χ4v) is 8.04. The van der Waals surface area contributed by atoms with Gasteiger partial charge in [0.2, 0.25) is 0 Å². The fourth-order valence-electron chi connectivity index (χ4n) is 8.04. The lowest BCUT2D eigenvalue weighted by molar-refractivity contribution is 1.18. The molecule has 0 spiro atoms. The maximum absolute atomic E-state index is 2.41. The molecule has 0 aliphatic rings. The molecule has 0 N–H and O–H groups in total. The second-order valence-corrected chi connectivity index (χ2v) is 13.8. The van der Waals surface area contributed by atoms with Gasteiger partial charge in [0.05, 0.1) is 16.7 Å². The van der Waals surface area contributed by atoms with E-state index < -0.39 is 0 Å². The molecule has 0 fully saturated rings. The van der Waals surface area contributed by atoms with Crippen LogP contribution < -0.4 is 4.90 Å².